The van der Waals surface area contributed by atoms with Crippen molar-refractivity contribution in [1.29, 1.82) is 0 Å². The number of sulfonamides is 1. The van der Waals surface area contributed by atoms with E-state index in [1.807, 2.05) is 0 Å². The summed E-state index contributed by atoms with van der Waals surface area (Å²) in [5.74, 6) is -0.849. The van der Waals surface area contributed by atoms with Crippen molar-refractivity contribution in [3.8, 4) is 0 Å². The van der Waals surface area contributed by atoms with Crippen LogP contribution in [-0.2, 0) is 29.1 Å². The molecule has 0 aromatic carbocycles. The summed E-state index contributed by atoms with van der Waals surface area (Å²) in [6.07, 6.45) is 0. The molecule has 0 saturated heterocycles. The molecule has 90 valence electrons. The summed E-state index contributed by atoms with van der Waals surface area (Å²) in [4.78, 5) is 17.3. The summed E-state index contributed by atoms with van der Waals surface area (Å²) in [6.45, 7) is 1.51. The van der Waals surface area contributed by atoms with Crippen molar-refractivity contribution in [3.63, 3.8) is 0 Å². The number of carbonyl (C=O) groups is 1. The van der Waals surface area contributed by atoms with E-state index in [1.165, 1.54) is 14.0 Å². The zero-order valence-corrected chi connectivity index (χ0v) is 9.67. The van der Waals surface area contributed by atoms with Crippen LogP contribution in [0, 0.1) is 0 Å². The van der Waals surface area contributed by atoms with Gasteiger partial charge in [-0.3, -0.25) is 9.63 Å². The monoisotopic (exact) mass is 241 g/mol. The van der Waals surface area contributed by atoms with Crippen LogP contribution in [0.2, 0.25) is 0 Å². The number of methoxy groups -OCH3 is 2. The van der Waals surface area contributed by atoms with Crippen LogP contribution < -0.4 is 4.89 Å². The second-order valence-corrected chi connectivity index (χ2v) is 4.60. The first-order valence-electron chi connectivity index (χ1n) is 4.15. The van der Waals surface area contributed by atoms with E-state index in [0.29, 0.717) is 0 Å². The largest absolute Gasteiger partial charge is 0.468 e. The Morgan fingerprint density at radius 2 is 1.93 bits per heavy atom. The molecule has 0 spiro atoms. The average Bonchev–Trinajstić information content (AvgIpc) is 2.22. The molecule has 1 unspecified atom stereocenters. The molecule has 0 aliphatic rings. The number of hydrogen-bond acceptors (Lipinski definition) is 6. The zero-order valence-electron chi connectivity index (χ0n) is 8.85. The minimum Gasteiger partial charge on any atom is -0.468 e. The fraction of sp³-hybridized carbons (Fsp3) is 0.857. The van der Waals surface area contributed by atoms with Crippen molar-refractivity contribution in [3.05, 3.63) is 0 Å². The van der Waals surface area contributed by atoms with Crippen LogP contribution in [0.1, 0.15) is 6.92 Å². The van der Waals surface area contributed by atoms with Gasteiger partial charge in [0, 0.05) is 7.11 Å². The molecule has 0 aliphatic carbocycles. The van der Waals surface area contributed by atoms with Crippen LogP contribution in [0.15, 0.2) is 0 Å². The fourth-order valence-corrected chi connectivity index (χ4v) is 1.36. The maximum Gasteiger partial charge on any atom is 0.325 e. The smallest absolute Gasteiger partial charge is 0.325 e. The maximum atomic E-state index is 11.3. The molecule has 0 bridgehead atoms. The van der Waals surface area contributed by atoms with E-state index in [-0.39, 0.29) is 13.2 Å². The number of ether oxygens (including phenoxy) is 2. The molecule has 0 fully saturated rings. The normalized spacial score (nSPS) is 13.5. The van der Waals surface area contributed by atoms with Gasteiger partial charge < -0.3 is 9.47 Å². The van der Waals surface area contributed by atoms with Crippen molar-refractivity contribution in [2.45, 2.75) is 12.2 Å². The Balaban J connectivity index is 4.12. The van der Waals surface area contributed by atoms with E-state index < -0.39 is 21.2 Å². The third-order valence-corrected chi connectivity index (χ3v) is 3.04. The first kappa shape index (κ1) is 14.3. The first-order chi connectivity index (χ1) is 6.95. The van der Waals surface area contributed by atoms with Gasteiger partial charge in [0.2, 0.25) is 10.0 Å². The van der Waals surface area contributed by atoms with Gasteiger partial charge in [0.15, 0.2) is 5.25 Å². The van der Waals surface area contributed by atoms with Gasteiger partial charge >= 0.3 is 5.97 Å². The van der Waals surface area contributed by atoms with E-state index in [4.69, 9.17) is 0 Å². The molecule has 0 aromatic rings. The van der Waals surface area contributed by atoms with Crippen LogP contribution in [0.25, 0.3) is 0 Å². The van der Waals surface area contributed by atoms with Crippen LogP contribution in [0.3, 0.4) is 0 Å². The molecule has 0 saturated carbocycles. The Labute approximate surface area is 88.7 Å². The fourth-order valence-electron chi connectivity index (χ4n) is 0.614. The highest BCUT2D eigenvalue weighted by Crippen LogP contribution is 2.00. The second-order valence-electron chi connectivity index (χ2n) is 2.63. The van der Waals surface area contributed by atoms with Gasteiger partial charge in [0.25, 0.3) is 0 Å². The third kappa shape index (κ3) is 5.07. The lowest BCUT2D eigenvalue weighted by molar-refractivity contribution is -0.139. The summed E-state index contributed by atoms with van der Waals surface area (Å²) < 4.78 is 31.6. The van der Waals surface area contributed by atoms with Crippen LogP contribution >= 0.6 is 0 Å². The van der Waals surface area contributed by atoms with E-state index >= 15 is 0 Å². The number of nitrogens with one attached hydrogen (secondary N) is 1. The Bertz CT molecular complexity index is 288. The summed E-state index contributed by atoms with van der Waals surface area (Å²) in [5, 5.41) is -1.31. The molecule has 7 nitrogen and oxygen atoms in total. The summed E-state index contributed by atoms with van der Waals surface area (Å²) in [7, 11) is -1.29. The molecule has 0 radical (unpaired) electrons. The van der Waals surface area contributed by atoms with Crippen molar-refractivity contribution < 1.29 is 27.5 Å². The predicted octanol–water partition coefficient (Wildman–Crippen LogP) is -0.955. The van der Waals surface area contributed by atoms with Gasteiger partial charge in [-0.25, -0.2) is 8.42 Å². The topological polar surface area (TPSA) is 90.9 Å². The van der Waals surface area contributed by atoms with Crippen LogP contribution in [-0.4, -0.2) is 47.1 Å². The van der Waals surface area contributed by atoms with Gasteiger partial charge in [0.05, 0.1) is 20.3 Å². The molecule has 0 rings (SSSR count). The number of carbonyl (C=O) groups excluding carboxylic acids is 1. The molecule has 0 amide bonds. The SMILES string of the molecule is COCCONS(=O)(=O)C(C)C(=O)OC. The van der Waals surface area contributed by atoms with Gasteiger partial charge in [-0.2, -0.15) is 0 Å². The zero-order chi connectivity index (χ0) is 11.9. The molecular formula is C7H15NO6S. The lowest BCUT2D eigenvalue weighted by Gasteiger charge is -2.11. The van der Waals surface area contributed by atoms with Gasteiger partial charge in [0.1, 0.15) is 0 Å². The minimum absolute atomic E-state index is 0.0591. The first-order valence-corrected chi connectivity index (χ1v) is 5.69. The minimum atomic E-state index is -3.85. The van der Waals surface area contributed by atoms with Crippen molar-refractivity contribution in [2.24, 2.45) is 0 Å². The summed E-state index contributed by atoms with van der Waals surface area (Å²) in [5.41, 5.74) is 0. The Morgan fingerprint density at radius 3 is 2.40 bits per heavy atom. The van der Waals surface area contributed by atoms with E-state index in [0.717, 1.165) is 7.11 Å². The summed E-state index contributed by atoms with van der Waals surface area (Å²) >= 11 is 0. The second kappa shape index (κ2) is 6.72. The van der Waals surface area contributed by atoms with Gasteiger partial charge in [-0.15, -0.1) is 0 Å². The van der Waals surface area contributed by atoms with Crippen molar-refractivity contribution >= 4 is 16.0 Å². The highest BCUT2D eigenvalue weighted by molar-refractivity contribution is 7.90. The van der Waals surface area contributed by atoms with Crippen molar-refractivity contribution in [2.75, 3.05) is 27.4 Å². The molecule has 0 aliphatic heterocycles. The molecule has 0 heterocycles. The molecule has 15 heavy (non-hydrogen) atoms. The third-order valence-electron chi connectivity index (χ3n) is 1.56. The standard InChI is InChI=1S/C7H15NO6S/c1-6(7(9)13-3)15(10,11)8-14-5-4-12-2/h6,8H,4-5H2,1-3H3. The van der Waals surface area contributed by atoms with Gasteiger partial charge in [-0.1, -0.05) is 4.89 Å². The van der Waals surface area contributed by atoms with Gasteiger partial charge in [-0.05, 0) is 6.92 Å². The molecule has 0 aromatic heterocycles. The van der Waals surface area contributed by atoms with Crippen molar-refractivity contribution in [1.82, 2.24) is 4.89 Å². The average molecular weight is 241 g/mol. The highest BCUT2D eigenvalue weighted by atomic mass is 32.2. The van der Waals surface area contributed by atoms with E-state index in [9.17, 15) is 13.2 Å². The van der Waals surface area contributed by atoms with E-state index in [1.54, 1.807) is 4.89 Å². The Morgan fingerprint density at radius 1 is 1.33 bits per heavy atom. The quantitative estimate of drug-likeness (QED) is 0.351. The molecular weight excluding hydrogens is 226 g/mol. The number of hydrogen-bond donors (Lipinski definition) is 1. The maximum absolute atomic E-state index is 11.3. The van der Waals surface area contributed by atoms with Crippen LogP contribution in [0.5, 0.6) is 0 Å². The predicted molar refractivity (Wildman–Crippen MR) is 51.4 cm³/mol. The highest BCUT2D eigenvalue weighted by Gasteiger charge is 2.28. The summed E-state index contributed by atoms with van der Waals surface area (Å²) in [6, 6.07) is 0. The number of esters is 1. The molecule has 1 N–H and O–H groups in total. The molecule has 8 heteroatoms. The number of rotatable bonds is 7. The van der Waals surface area contributed by atoms with E-state index in [2.05, 4.69) is 14.3 Å². The molecule has 1 atom stereocenters. The lowest BCUT2D eigenvalue weighted by Crippen LogP contribution is -2.38. The van der Waals surface area contributed by atoms with Crippen LogP contribution in [0.4, 0.5) is 0 Å². The Kier molecular flexibility index (Phi) is 6.41. The lowest BCUT2D eigenvalue weighted by atomic mass is 10.5. The Hall–Kier alpha value is -0.700.